The van der Waals surface area contributed by atoms with Crippen LogP contribution in [-0.4, -0.2) is 20.0 Å². The molecule has 0 N–H and O–H groups in total. The highest BCUT2D eigenvalue weighted by Gasteiger charge is 2.11. The lowest BCUT2D eigenvalue weighted by molar-refractivity contribution is 0.0947. The van der Waals surface area contributed by atoms with Crippen LogP contribution in [0.2, 0.25) is 0 Å². The average Bonchev–Trinajstić information content (AvgIpc) is 2.94. The number of Topliss-reactive ketones (excluding diaryl/α,β-unsaturated/α-hetero) is 1. The van der Waals surface area contributed by atoms with E-state index in [1.54, 1.807) is 26.4 Å². The summed E-state index contributed by atoms with van der Waals surface area (Å²) < 4.78 is 15.5. The summed E-state index contributed by atoms with van der Waals surface area (Å²) in [6.45, 7) is 0.381. The Morgan fingerprint density at radius 3 is 2.50 bits per heavy atom. The molecule has 0 unspecified atom stereocenters. The van der Waals surface area contributed by atoms with Crippen LogP contribution >= 0.6 is 0 Å². The Morgan fingerprint density at radius 2 is 1.85 bits per heavy atom. The molecule has 0 atom stereocenters. The number of benzene rings is 1. The average molecular weight is 274 g/mol. The standard InChI is InChI=1S/C16H18O4/c1-18-11-14-8-10-16(20-14)15(17)9-5-12-3-6-13(19-2)7-4-12/h3-4,6-8,10H,5,9,11H2,1-2H3. The number of methoxy groups -OCH3 is 2. The van der Waals surface area contributed by atoms with E-state index in [9.17, 15) is 4.79 Å². The zero-order chi connectivity index (χ0) is 14.4. The van der Waals surface area contributed by atoms with Crippen molar-refractivity contribution in [3.8, 4) is 5.75 Å². The van der Waals surface area contributed by atoms with E-state index in [0.717, 1.165) is 11.3 Å². The van der Waals surface area contributed by atoms with Crippen molar-refractivity contribution in [1.29, 1.82) is 0 Å². The number of hydrogen-bond donors (Lipinski definition) is 0. The van der Waals surface area contributed by atoms with E-state index in [2.05, 4.69) is 0 Å². The molecule has 0 saturated carbocycles. The van der Waals surface area contributed by atoms with Crippen LogP contribution in [0.3, 0.4) is 0 Å². The number of carbonyl (C=O) groups excluding carboxylic acids is 1. The number of aryl methyl sites for hydroxylation is 1. The lowest BCUT2D eigenvalue weighted by Gasteiger charge is -2.02. The molecule has 1 heterocycles. The van der Waals surface area contributed by atoms with Crippen LogP contribution in [0.5, 0.6) is 5.75 Å². The summed E-state index contributed by atoms with van der Waals surface area (Å²) in [7, 11) is 3.22. The van der Waals surface area contributed by atoms with Crippen molar-refractivity contribution >= 4 is 5.78 Å². The zero-order valence-corrected chi connectivity index (χ0v) is 11.7. The van der Waals surface area contributed by atoms with E-state index in [0.29, 0.717) is 31.0 Å². The monoisotopic (exact) mass is 274 g/mol. The molecule has 2 rings (SSSR count). The van der Waals surface area contributed by atoms with E-state index in [-0.39, 0.29) is 5.78 Å². The number of carbonyl (C=O) groups is 1. The third-order valence-electron chi connectivity index (χ3n) is 3.02. The number of hydrogen-bond acceptors (Lipinski definition) is 4. The molecule has 0 amide bonds. The minimum atomic E-state index is 0.00294. The van der Waals surface area contributed by atoms with E-state index >= 15 is 0 Å². The lowest BCUT2D eigenvalue weighted by atomic mass is 10.1. The molecule has 0 aliphatic heterocycles. The van der Waals surface area contributed by atoms with Crippen molar-refractivity contribution in [3.05, 3.63) is 53.5 Å². The second kappa shape index (κ2) is 6.91. The molecule has 4 heteroatoms. The molecule has 20 heavy (non-hydrogen) atoms. The topological polar surface area (TPSA) is 48.7 Å². The van der Waals surface area contributed by atoms with Crippen molar-refractivity contribution in [2.45, 2.75) is 19.4 Å². The molecule has 0 bridgehead atoms. The number of furan rings is 1. The van der Waals surface area contributed by atoms with Crippen LogP contribution in [0, 0.1) is 0 Å². The smallest absolute Gasteiger partial charge is 0.198 e. The molecule has 106 valence electrons. The minimum absolute atomic E-state index is 0.00294. The Balaban J connectivity index is 1.90. The number of rotatable bonds is 7. The summed E-state index contributed by atoms with van der Waals surface area (Å²) in [4.78, 5) is 12.0. The van der Waals surface area contributed by atoms with Gasteiger partial charge in [-0.1, -0.05) is 12.1 Å². The molecule has 1 aromatic heterocycles. The predicted octanol–water partition coefficient (Wildman–Crippen LogP) is 3.25. The third kappa shape index (κ3) is 3.71. The van der Waals surface area contributed by atoms with Crippen molar-refractivity contribution in [1.82, 2.24) is 0 Å². The summed E-state index contributed by atoms with van der Waals surface area (Å²) in [5.41, 5.74) is 1.10. The molecule has 2 aromatic rings. The Kier molecular flexibility index (Phi) is 4.96. The Bertz CT molecular complexity index is 554. The van der Waals surface area contributed by atoms with E-state index in [4.69, 9.17) is 13.9 Å². The summed E-state index contributed by atoms with van der Waals surface area (Å²) in [6.07, 6.45) is 1.11. The lowest BCUT2D eigenvalue weighted by Crippen LogP contribution is -1.99. The van der Waals surface area contributed by atoms with E-state index < -0.39 is 0 Å². The molecule has 0 spiro atoms. The first-order valence-corrected chi connectivity index (χ1v) is 6.46. The third-order valence-corrected chi connectivity index (χ3v) is 3.02. The van der Waals surface area contributed by atoms with Gasteiger partial charge in [0.1, 0.15) is 18.1 Å². The fourth-order valence-electron chi connectivity index (χ4n) is 1.92. The zero-order valence-electron chi connectivity index (χ0n) is 11.7. The Morgan fingerprint density at radius 1 is 1.10 bits per heavy atom. The molecule has 4 nitrogen and oxygen atoms in total. The van der Waals surface area contributed by atoms with Gasteiger partial charge in [0.15, 0.2) is 11.5 Å². The second-order valence-corrected chi connectivity index (χ2v) is 4.47. The molecule has 0 aliphatic rings. The summed E-state index contributed by atoms with van der Waals surface area (Å²) in [5.74, 6) is 1.88. The van der Waals surface area contributed by atoms with Gasteiger partial charge in [-0.2, -0.15) is 0 Å². The van der Waals surface area contributed by atoms with Gasteiger partial charge in [-0.25, -0.2) is 0 Å². The van der Waals surface area contributed by atoms with Crippen LogP contribution in [-0.2, 0) is 17.8 Å². The maximum Gasteiger partial charge on any atom is 0.198 e. The van der Waals surface area contributed by atoms with Gasteiger partial charge in [0.25, 0.3) is 0 Å². The van der Waals surface area contributed by atoms with Crippen molar-refractivity contribution in [3.63, 3.8) is 0 Å². The van der Waals surface area contributed by atoms with Crippen LogP contribution < -0.4 is 4.74 Å². The van der Waals surface area contributed by atoms with Crippen LogP contribution in [0.15, 0.2) is 40.8 Å². The van der Waals surface area contributed by atoms with Crippen LogP contribution in [0.1, 0.15) is 28.3 Å². The maximum atomic E-state index is 12.0. The fraction of sp³-hybridized carbons (Fsp3) is 0.312. The van der Waals surface area contributed by atoms with Gasteiger partial charge >= 0.3 is 0 Å². The van der Waals surface area contributed by atoms with Gasteiger partial charge in [-0.05, 0) is 36.2 Å². The molecule has 0 fully saturated rings. The highest BCUT2D eigenvalue weighted by molar-refractivity contribution is 5.93. The minimum Gasteiger partial charge on any atom is -0.497 e. The largest absolute Gasteiger partial charge is 0.497 e. The Hall–Kier alpha value is -2.07. The van der Waals surface area contributed by atoms with Gasteiger partial charge in [0, 0.05) is 13.5 Å². The first-order valence-electron chi connectivity index (χ1n) is 6.46. The summed E-state index contributed by atoms with van der Waals surface area (Å²) >= 11 is 0. The fourth-order valence-corrected chi connectivity index (χ4v) is 1.92. The highest BCUT2D eigenvalue weighted by atomic mass is 16.5. The summed E-state index contributed by atoms with van der Waals surface area (Å²) in [6, 6.07) is 11.2. The van der Waals surface area contributed by atoms with Gasteiger partial charge in [0.05, 0.1) is 7.11 Å². The van der Waals surface area contributed by atoms with E-state index in [1.807, 2.05) is 24.3 Å². The first kappa shape index (κ1) is 14.3. The van der Waals surface area contributed by atoms with Crippen molar-refractivity contribution < 1.29 is 18.7 Å². The van der Waals surface area contributed by atoms with Gasteiger partial charge in [-0.3, -0.25) is 4.79 Å². The van der Waals surface area contributed by atoms with Crippen molar-refractivity contribution in [2.24, 2.45) is 0 Å². The van der Waals surface area contributed by atoms with Gasteiger partial charge in [-0.15, -0.1) is 0 Å². The highest BCUT2D eigenvalue weighted by Crippen LogP contribution is 2.15. The number of ether oxygens (including phenoxy) is 2. The normalized spacial score (nSPS) is 10.5. The number of ketones is 1. The molecular weight excluding hydrogens is 256 g/mol. The SMILES string of the molecule is COCc1ccc(C(=O)CCc2ccc(OC)cc2)o1. The van der Waals surface area contributed by atoms with Crippen LogP contribution in [0.4, 0.5) is 0 Å². The van der Waals surface area contributed by atoms with Gasteiger partial charge in [0.2, 0.25) is 0 Å². The van der Waals surface area contributed by atoms with Crippen LogP contribution in [0.25, 0.3) is 0 Å². The molecule has 0 saturated heterocycles. The molecule has 0 aliphatic carbocycles. The van der Waals surface area contributed by atoms with Crippen molar-refractivity contribution in [2.75, 3.05) is 14.2 Å². The quantitative estimate of drug-likeness (QED) is 0.727. The first-order chi connectivity index (χ1) is 9.72. The van der Waals surface area contributed by atoms with E-state index in [1.165, 1.54) is 0 Å². The predicted molar refractivity (Wildman–Crippen MR) is 75.1 cm³/mol. The molecule has 1 aromatic carbocycles. The Labute approximate surface area is 118 Å². The second-order valence-electron chi connectivity index (χ2n) is 4.47. The molecular formula is C16H18O4. The molecule has 0 radical (unpaired) electrons. The maximum absolute atomic E-state index is 12.0. The summed E-state index contributed by atoms with van der Waals surface area (Å²) in [5, 5.41) is 0. The van der Waals surface area contributed by atoms with Gasteiger partial charge < -0.3 is 13.9 Å².